The SMILES string of the molecule is Cc1ccc(C(NN)c2cccc(C)c2F)c(C)c1. The van der Waals surface area contributed by atoms with Crippen molar-refractivity contribution in [3.63, 3.8) is 0 Å². The maximum Gasteiger partial charge on any atom is 0.131 e. The number of nitrogens with two attached hydrogens (primary N) is 1. The van der Waals surface area contributed by atoms with E-state index in [1.807, 2.05) is 32.0 Å². The zero-order chi connectivity index (χ0) is 14.0. The average molecular weight is 258 g/mol. The van der Waals surface area contributed by atoms with Gasteiger partial charge in [0.05, 0.1) is 6.04 Å². The van der Waals surface area contributed by atoms with Crippen LogP contribution in [0, 0.1) is 26.6 Å². The quantitative estimate of drug-likeness (QED) is 0.655. The number of hydrogen-bond donors (Lipinski definition) is 2. The molecule has 0 aliphatic carbocycles. The lowest BCUT2D eigenvalue weighted by atomic mass is 9.93. The van der Waals surface area contributed by atoms with Gasteiger partial charge in [-0.2, -0.15) is 0 Å². The van der Waals surface area contributed by atoms with Gasteiger partial charge < -0.3 is 0 Å². The van der Waals surface area contributed by atoms with Gasteiger partial charge in [0, 0.05) is 5.56 Å². The second-order valence-corrected chi connectivity index (χ2v) is 4.94. The van der Waals surface area contributed by atoms with Crippen LogP contribution in [0.2, 0.25) is 0 Å². The lowest BCUT2D eigenvalue weighted by Gasteiger charge is -2.20. The number of nitrogens with one attached hydrogen (secondary N) is 1. The van der Waals surface area contributed by atoms with Crippen LogP contribution in [0.1, 0.15) is 33.9 Å². The summed E-state index contributed by atoms with van der Waals surface area (Å²) in [6, 6.07) is 11.1. The third-order valence-electron chi connectivity index (χ3n) is 3.44. The highest BCUT2D eigenvalue weighted by Gasteiger charge is 2.19. The third kappa shape index (κ3) is 2.67. The number of hydrazine groups is 1. The molecule has 100 valence electrons. The number of halogens is 1. The second kappa shape index (κ2) is 5.51. The molecular weight excluding hydrogens is 239 g/mol. The molecule has 0 heterocycles. The fourth-order valence-corrected chi connectivity index (χ4v) is 2.39. The minimum absolute atomic E-state index is 0.203. The summed E-state index contributed by atoms with van der Waals surface area (Å²) in [5.74, 6) is 5.44. The maximum absolute atomic E-state index is 14.2. The molecule has 0 aliphatic rings. The molecule has 0 aromatic heterocycles. The minimum atomic E-state index is -0.333. The summed E-state index contributed by atoms with van der Waals surface area (Å²) in [6.07, 6.45) is 0. The molecule has 3 heteroatoms. The predicted octanol–water partition coefficient (Wildman–Crippen LogP) is 3.30. The molecule has 2 aromatic carbocycles. The van der Waals surface area contributed by atoms with Crippen LogP contribution >= 0.6 is 0 Å². The Morgan fingerprint density at radius 2 is 1.74 bits per heavy atom. The van der Waals surface area contributed by atoms with E-state index in [1.54, 1.807) is 19.1 Å². The highest BCUT2D eigenvalue weighted by Crippen LogP contribution is 2.27. The molecule has 0 saturated heterocycles. The van der Waals surface area contributed by atoms with Gasteiger partial charge in [0.2, 0.25) is 0 Å². The molecule has 0 fully saturated rings. The molecule has 1 unspecified atom stereocenters. The van der Waals surface area contributed by atoms with E-state index in [0.717, 1.165) is 11.1 Å². The molecule has 2 nitrogen and oxygen atoms in total. The van der Waals surface area contributed by atoms with Crippen molar-refractivity contribution in [3.05, 3.63) is 70.0 Å². The van der Waals surface area contributed by atoms with E-state index in [4.69, 9.17) is 5.84 Å². The van der Waals surface area contributed by atoms with E-state index in [2.05, 4.69) is 11.5 Å². The van der Waals surface area contributed by atoms with Crippen LogP contribution in [0.3, 0.4) is 0 Å². The van der Waals surface area contributed by atoms with E-state index in [9.17, 15) is 4.39 Å². The van der Waals surface area contributed by atoms with Crippen LogP contribution in [-0.2, 0) is 0 Å². The van der Waals surface area contributed by atoms with Crippen molar-refractivity contribution in [2.45, 2.75) is 26.8 Å². The Morgan fingerprint density at radius 3 is 2.37 bits per heavy atom. The van der Waals surface area contributed by atoms with Crippen molar-refractivity contribution in [1.82, 2.24) is 5.43 Å². The first-order valence-corrected chi connectivity index (χ1v) is 6.33. The Bertz CT molecular complexity index is 593. The monoisotopic (exact) mass is 258 g/mol. The number of aryl methyl sites for hydroxylation is 3. The summed E-state index contributed by atoms with van der Waals surface area (Å²) in [6.45, 7) is 5.81. The van der Waals surface area contributed by atoms with Crippen LogP contribution in [0.15, 0.2) is 36.4 Å². The van der Waals surface area contributed by atoms with Crippen LogP contribution in [0.25, 0.3) is 0 Å². The van der Waals surface area contributed by atoms with Gasteiger partial charge in [0.25, 0.3) is 0 Å². The Morgan fingerprint density at radius 1 is 1.00 bits per heavy atom. The zero-order valence-corrected chi connectivity index (χ0v) is 11.5. The van der Waals surface area contributed by atoms with Gasteiger partial charge in [-0.25, -0.2) is 9.82 Å². The van der Waals surface area contributed by atoms with Crippen molar-refractivity contribution in [3.8, 4) is 0 Å². The summed E-state index contributed by atoms with van der Waals surface area (Å²) in [5.41, 5.74) is 7.21. The normalized spacial score (nSPS) is 12.5. The Kier molecular flexibility index (Phi) is 3.98. The van der Waals surface area contributed by atoms with Gasteiger partial charge in [-0.05, 0) is 37.5 Å². The Labute approximate surface area is 113 Å². The lowest BCUT2D eigenvalue weighted by molar-refractivity contribution is 0.553. The standard InChI is InChI=1S/C16H19FN2/c1-10-7-8-13(12(3)9-10)16(19-18)14-6-4-5-11(2)15(14)17/h4-9,16,19H,18H2,1-3H3. The van der Waals surface area contributed by atoms with Crippen LogP contribution in [0.4, 0.5) is 4.39 Å². The van der Waals surface area contributed by atoms with Crippen molar-refractivity contribution in [2.75, 3.05) is 0 Å². The molecule has 0 saturated carbocycles. The molecule has 0 spiro atoms. The third-order valence-corrected chi connectivity index (χ3v) is 3.44. The molecule has 0 radical (unpaired) electrons. The maximum atomic E-state index is 14.2. The fraction of sp³-hybridized carbons (Fsp3) is 0.250. The predicted molar refractivity (Wildman–Crippen MR) is 76.2 cm³/mol. The molecule has 1 atom stereocenters. The van der Waals surface area contributed by atoms with Gasteiger partial charge >= 0.3 is 0 Å². The average Bonchev–Trinajstić information content (AvgIpc) is 2.37. The second-order valence-electron chi connectivity index (χ2n) is 4.94. The smallest absolute Gasteiger partial charge is 0.131 e. The highest BCUT2D eigenvalue weighted by molar-refractivity contribution is 5.40. The number of hydrogen-bond acceptors (Lipinski definition) is 2. The zero-order valence-electron chi connectivity index (χ0n) is 11.5. The summed E-state index contributed by atoms with van der Waals surface area (Å²) < 4.78 is 14.2. The van der Waals surface area contributed by atoms with E-state index >= 15 is 0 Å². The number of benzene rings is 2. The molecule has 0 bridgehead atoms. The first-order chi connectivity index (χ1) is 9.04. The van der Waals surface area contributed by atoms with Gasteiger partial charge in [-0.1, -0.05) is 42.0 Å². The first-order valence-electron chi connectivity index (χ1n) is 6.33. The summed E-state index contributed by atoms with van der Waals surface area (Å²) in [4.78, 5) is 0. The van der Waals surface area contributed by atoms with Crippen molar-refractivity contribution >= 4 is 0 Å². The van der Waals surface area contributed by atoms with E-state index in [-0.39, 0.29) is 11.9 Å². The summed E-state index contributed by atoms with van der Waals surface area (Å²) >= 11 is 0. The van der Waals surface area contributed by atoms with Gasteiger partial charge in [-0.15, -0.1) is 0 Å². The Balaban J connectivity index is 2.53. The van der Waals surface area contributed by atoms with Crippen molar-refractivity contribution in [2.24, 2.45) is 5.84 Å². The largest absolute Gasteiger partial charge is 0.271 e. The molecular formula is C16H19FN2. The molecule has 3 N–H and O–H groups in total. The Hall–Kier alpha value is -1.71. The van der Waals surface area contributed by atoms with Crippen LogP contribution in [-0.4, -0.2) is 0 Å². The van der Waals surface area contributed by atoms with Crippen LogP contribution in [0.5, 0.6) is 0 Å². The van der Waals surface area contributed by atoms with Crippen molar-refractivity contribution in [1.29, 1.82) is 0 Å². The topological polar surface area (TPSA) is 38.0 Å². The minimum Gasteiger partial charge on any atom is -0.271 e. The van der Waals surface area contributed by atoms with Gasteiger partial charge in [-0.3, -0.25) is 5.84 Å². The van der Waals surface area contributed by atoms with Crippen molar-refractivity contribution < 1.29 is 4.39 Å². The van der Waals surface area contributed by atoms with E-state index < -0.39 is 0 Å². The number of rotatable bonds is 3. The van der Waals surface area contributed by atoms with Gasteiger partial charge in [0.15, 0.2) is 0 Å². The molecule has 0 amide bonds. The summed E-state index contributed by atoms with van der Waals surface area (Å²) in [5, 5.41) is 0. The van der Waals surface area contributed by atoms with E-state index in [0.29, 0.717) is 11.1 Å². The first kappa shape index (κ1) is 13.7. The van der Waals surface area contributed by atoms with E-state index in [1.165, 1.54) is 5.56 Å². The molecule has 19 heavy (non-hydrogen) atoms. The highest BCUT2D eigenvalue weighted by atomic mass is 19.1. The molecule has 2 rings (SSSR count). The van der Waals surface area contributed by atoms with Crippen LogP contribution < -0.4 is 11.3 Å². The molecule has 0 aliphatic heterocycles. The fourth-order valence-electron chi connectivity index (χ4n) is 2.39. The van der Waals surface area contributed by atoms with Gasteiger partial charge in [0.1, 0.15) is 5.82 Å². The lowest BCUT2D eigenvalue weighted by Crippen LogP contribution is -2.30. The molecule has 2 aromatic rings. The summed E-state index contributed by atoms with van der Waals surface area (Å²) in [7, 11) is 0.